The average molecular weight is 306 g/mol. The fourth-order valence-electron chi connectivity index (χ4n) is 1.58. The molecule has 0 unspecified atom stereocenters. The minimum Gasteiger partial charge on any atom is -0.0622 e. The molecular weight excluding hydrogens is 287 g/mol. The molecule has 2 rings (SSSR count). The van der Waals surface area contributed by atoms with Crippen molar-refractivity contribution in [1.82, 2.24) is 0 Å². The molecule has 0 nitrogen and oxygen atoms in total. The third-order valence-electron chi connectivity index (χ3n) is 2.39. The quantitative estimate of drug-likeness (QED) is 0.761. The third kappa shape index (κ3) is 5.05. The van der Waals surface area contributed by atoms with Crippen LogP contribution in [-0.2, 0) is 39.0 Å². The summed E-state index contributed by atoms with van der Waals surface area (Å²) in [5, 5.41) is 0. The van der Waals surface area contributed by atoms with Gasteiger partial charge in [-0.05, 0) is 34.9 Å². The minimum atomic E-state index is 0. The zero-order valence-corrected chi connectivity index (χ0v) is 11.1. The first-order valence-electron chi connectivity index (χ1n) is 5.03. The first-order valence-corrected chi connectivity index (χ1v) is 5.03. The minimum absolute atomic E-state index is 0. The van der Waals surface area contributed by atoms with Crippen LogP contribution in [0.3, 0.4) is 0 Å². The summed E-state index contributed by atoms with van der Waals surface area (Å²) in [4.78, 5) is 0. The molecule has 16 heavy (non-hydrogen) atoms. The van der Waals surface area contributed by atoms with Crippen LogP contribution in [0.4, 0.5) is 0 Å². The molecule has 2 heteroatoms. The number of aryl methyl sites for hydroxylation is 2. The number of benzene rings is 2. The second-order valence-corrected chi connectivity index (χ2v) is 3.47. The Balaban J connectivity index is 0.00000112. The van der Waals surface area contributed by atoms with Crippen molar-refractivity contribution in [3.63, 3.8) is 0 Å². The predicted molar refractivity (Wildman–Crippen MR) is 71.6 cm³/mol. The Morgan fingerprint density at radius 3 is 1.19 bits per heavy atom. The maximum absolute atomic E-state index is 2.18. The van der Waals surface area contributed by atoms with E-state index in [0.717, 1.165) is 12.8 Å². The van der Waals surface area contributed by atoms with Gasteiger partial charge in [0.15, 0.2) is 0 Å². The van der Waals surface area contributed by atoms with Gasteiger partial charge in [0.2, 0.25) is 0 Å². The van der Waals surface area contributed by atoms with Crippen molar-refractivity contribution in [1.29, 1.82) is 0 Å². The van der Waals surface area contributed by atoms with Gasteiger partial charge >= 0.3 is 0 Å². The zero-order valence-electron chi connectivity index (χ0n) is 8.69. The van der Waals surface area contributed by atoms with Gasteiger partial charge in [-0.3, -0.25) is 0 Å². The van der Waals surface area contributed by atoms with E-state index in [1.807, 2.05) is 0 Å². The van der Waals surface area contributed by atoms with Crippen LogP contribution in [0.25, 0.3) is 0 Å². The van der Waals surface area contributed by atoms with Crippen LogP contribution < -0.4 is 0 Å². The van der Waals surface area contributed by atoms with Gasteiger partial charge in [0, 0.05) is 26.2 Å². The van der Waals surface area contributed by atoms with Crippen LogP contribution in [0.1, 0.15) is 11.1 Å². The molecule has 0 aliphatic rings. The van der Waals surface area contributed by atoms with Crippen molar-refractivity contribution in [2.24, 2.45) is 0 Å². The fraction of sp³-hybridized carbons (Fsp3) is 0.143. The first-order chi connectivity index (χ1) is 6.95. The second-order valence-electron chi connectivity index (χ2n) is 3.47. The summed E-state index contributed by atoms with van der Waals surface area (Å²) in [5.41, 5.74) is 2.83. The van der Waals surface area contributed by atoms with Gasteiger partial charge in [0.05, 0.1) is 0 Å². The Kier molecular flexibility index (Phi) is 8.42. The van der Waals surface area contributed by atoms with E-state index in [-0.39, 0.29) is 37.2 Å². The van der Waals surface area contributed by atoms with Crippen molar-refractivity contribution in [2.75, 3.05) is 0 Å². The standard InChI is InChI=1S/C14H14.H4Si.Zr/c1-3-7-13(8-4-1)11-12-14-9-5-2-6-10-14;;/h1-10H,11-12H2;1H4;. The molecule has 0 atom stereocenters. The van der Waals surface area contributed by atoms with E-state index in [1.165, 1.54) is 11.1 Å². The van der Waals surface area contributed by atoms with E-state index in [1.54, 1.807) is 0 Å². The molecule has 0 bridgehead atoms. The van der Waals surface area contributed by atoms with Crippen LogP contribution in [0.15, 0.2) is 60.7 Å². The van der Waals surface area contributed by atoms with Crippen LogP contribution in [-0.4, -0.2) is 11.0 Å². The normalized spacial score (nSPS) is 8.75. The summed E-state index contributed by atoms with van der Waals surface area (Å²) in [7, 11) is 0. The van der Waals surface area contributed by atoms with E-state index in [0.29, 0.717) is 0 Å². The summed E-state index contributed by atoms with van der Waals surface area (Å²) < 4.78 is 0. The maximum atomic E-state index is 2.18. The van der Waals surface area contributed by atoms with Crippen molar-refractivity contribution in [3.05, 3.63) is 71.8 Å². The van der Waals surface area contributed by atoms with E-state index in [4.69, 9.17) is 0 Å². The van der Waals surface area contributed by atoms with Gasteiger partial charge in [-0.15, -0.1) is 0 Å². The number of hydrogen-bond acceptors (Lipinski definition) is 0. The Morgan fingerprint density at radius 1 is 0.562 bits per heavy atom. The summed E-state index contributed by atoms with van der Waals surface area (Å²) >= 11 is 0. The molecular formula is C14H18SiZr. The monoisotopic (exact) mass is 304 g/mol. The van der Waals surface area contributed by atoms with Crippen molar-refractivity contribution in [3.8, 4) is 0 Å². The van der Waals surface area contributed by atoms with Gasteiger partial charge in [-0.2, -0.15) is 0 Å². The molecule has 0 spiro atoms. The molecule has 0 radical (unpaired) electrons. The molecule has 0 aliphatic heterocycles. The topological polar surface area (TPSA) is 0 Å². The zero-order chi connectivity index (χ0) is 9.64. The van der Waals surface area contributed by atoms with Gasteiger partial charge in [0.25, 0.3) is 0 Å². The Labute approximate surface area is 121 Å². The van der Waals surface area contributed by atoms with Gasteiger partial charge in [-0.1, -0.05) is 60.7 Å². The van der Waals surface area contributed by atoms with Crippen LogP contribution in [0, 0.1) is 0 Å². The Bertz CT molecular complexity index is 333. The van der Waals surface area contributed by atoms with Crippen LogP contribution in [0.5, 0.6) is 0 Å². The summed E-state index contributed by atoms with van der Waals surface area (Å²) in [5.74, 6) is 0. The van der Waals surface area contributed by atoms with E-state index in [2.05, 4.69) is 60.7 Å². The van der Waals surface area contributed by atoms with Crippen molar-refractivity contribution < 1.29 is 26.2 Å². The molecule has 0 amide bonds. The number of hydrogen-bond donors (Lipinski definition) is 0. The van der Waals surface area contributed by atoms with Crippen molar-refractivity contribution in [2.45, 2.75) is 12.8 Å². The Morgan fingerprint density at radius 2 is 0.875 bits per heavy atom. The average Bonchev–Trinajstić information content (AvgIpc) is 2.29. The van der Waals surface area contributed by atoms with Crippen molar-refractivity contribution >= 4 is 11.0 Å². The molecule has 0 aromatic heterocycles. The molecule has 2 aromatic rings. The third-order valence-corrected chi connectivity index (χ3v) is 2.39. The predicted octanol–water partition coefficient (Wildman–Crippen LogP) is 2.02. The second kappa shape index (κ2) is 8.66. The summed E-state index contributed by atoms with van der Waals surface area (Å²) in [6, 6.07) is 21.2. The molecule has 0 aliphatic carbocycles. The smallest absolute Gasteiger partial charge is 0 e. The SMILES string of the molecule is [SiH4].[Zr].c1ccc(CCc2ccccc2)cc1. The molecule has 0 fully saturated rings. The number of rotatable bonds is 3. The fourth-order valence-corrected chi connectivity index (χ4v) is 1.58. The molecule has 0 saturated heterocycles. The van der Waals surface area contributed by atoms with E-state index >= 15 is 0 Å². The molecule has 0 N–H and O–H groups in total. The summed E-state index contributed by atoms with van der Waals surface area (Å²) in [6.07, 6.45) is 2.26. The summed E-state index contributed by atoms with van der Waals surface area (Å²) in [6.45, 7) is 0. The van der Waals surface area contributed by atoms with E-state index < -0.39 is 0 Å². The molecule has 0 saturated carbocycles. The van der Waals surface area contributed by atoms with Crippen LogP contribution in [0.2, 0.25) is 0 Å². The van der Waals surface area contributed by atoms with Gasteiger partial charge in [-0.25, -0.2) is 0 Å². The van der Waals surface area contributed by atoms with E-state index in [9.17, 15) is 0 Å². The Hall–Kier alpha value is -0.460. The van der Waals surface area contributed by atoms with Gasteiger partial charge < -0.3 is 0 Å². The van der Waals surface area contributed by atoms with Crippen LogP contribution >= 0.6 is 0 Å². The molecule has 2 aromatic carbocycles. The largest absolute Gasteiger partial charge is 0.0622 e. The molecule has 0 heterocycles. The first kappa shape index (κ1) is 15.5. The maximum Gasteiger partial charge on any atom is 0 e. The van der Waals surface area contributed by atoms with Gasteiger partial charge in [0.1, 0.15) is 0 Å². The molecule has 82 valence electrons.